The number of nitriles is 1. The van der Waals surface area contributed by atoms with Gasteiger partial charge in [0.1, 0.15) is 0 Å². The van der Waals surface area contributed by atoms with Crippen molar-refractivity contribution in [2.24, 2.45) is 5.92 Å². The van der Waals surface area contributed by atoms with Gasteiger partial charge in [-0.1, -0.05) is 12.1 Å². The predicted octanol–water partition coefficient (Wildman–Crippen LogP) is 1.39. The number of piperidine rings is 1. The molecule has 0 radical (unpaired) electrons. The Balaban J connectivity index is 1.94. The second-order valence-corrected chi connectivity index (χ2v) is 6.08. The predicted molar refractivity (Wildman–Crippen MR) is 84.0 cm³/mol. The monoisotopic (exact) mass is 301 g/mol. The molecule has 1 amide bonds. The lowest BCUT2D eigenvalue weighted by Gasteiger charge is -2.34. The van der Waals surface area contributed by atoms with Gasteiger partial charge in [-0.15, -0.1) is 0 Å². The van der Waals surface area contributed by atoms with Crippen LogP contribution in [-0.2, 0) is 4.79 Å². The summed E-state index contributed by atoms with van der Waals surface area (Å²) in [4.78, 5) is 15.9. The van der Waals surface area contributed by atoms with E-state index in [9.17, 15) is 9.90 Å². The summed E-state index contributed by atoms with van der Waals surface area (Å²) in [6, 6.07) is 9.07. The first-order valence-corrected chi connectivity index (χ1v) is 7.63. The SMILES string of the molecule is CN(C)C(=O)C1CCCN(CC(O)c2ccc(C#N)cc2)C1. The Morgan fingerprint density at radius 1 is 1.45 bits per heavy atom. The molecule has 1 aliphatic rings. The van der Waals surface area contributed by atoms with Gasteiger partial charge in [-0.2, -0.15) is 5.26 Å². The van der Waals surface area contributed by atoms with Crippen molar-refractivity contribution >= 4 is 5.91 Å². The second kappa shape index (κ2) is 7.39. The molecule has 0 aliphatic carbocycles. The molecule has 0 bridgehead atoms. The van der Waals surface area contributed by atoms with Crippen LogP contribution in [0.4, 0.5) is 0 Å². The summed E-state index contributed by atoms with van der Waals surface area (Å²) in [6.45, 7) is 2.12. The van der Waals surface area contributed by atoms with E-state index in [0.717, 1.165) is 24.9 Å². The Morgan fingerprint density at radius 3 is 2.73 bits per heavy atom. The fraction of sp³-hybridized carbons (Fsp3) is 0.529. The third kappa shape index (κ3) is 4.06. The first kappa shape index (κ1) is 16.5. The topological polar surface area (TPSA) is 67.6 Å². The summed E-state index contributed by atoms with van der Waals surface area (Å²) in [5.74, 6) is 0.189. The van der Waals surface area contributed by atoms with Crippen molar-refractivity contribution in [1.29, 1.82) is 5.26 Å². The summed E-state index contributed by atoms with van der Waals surface area (Å²) >= 11 is 0. The van der Waals surface area contributed by atoms with E-state index in [-0.39, 0.29) is 11.8 Å². The van der Waals surface area contributed by atoms with E-state index in [1.807, 2.05) is 0 Å². The van der Waals surface area contributed by atoms with Crippen molar-refractivity contribution in [2.75, 3.05) is 33.7 Å². The molecule has 1 saturated heterocycles. The zero-order valence-electron chi connectivity index (χ0n) is 13.2. The molecule has 1 aliphatic heterocycles. The van der Waals surface area contributed by atoms with Gasteiger partial charge in [-0.05, 0) is 37.1 Å². The van der Waals surface area contributed by atoms with Crippen LogP contribution in [0.3, 0.4) is 0 Å². The van der Waals surface area contributed by atoms with Crippen LogP contribution < -0.4 is 0 Å². The summed E-state index contributed by atoms with van der Waals surface area (Å²) in [5, 5.41) is 19.1. The maximum absolute atomic E-state index is 12.1. The number of carbonyl (C=O) groups excluding carboxylic acids is 1. The largest absolute Gasteiger partial charge is 0.387 e. The lowest BCUT2D eigenvalue weighted by atomic mass is 9.96. The number of β-amino-alcohol motifs (C(OH)–C–C–N with tert-alkyl or cyclic N) is 1. The number of amides is 1. The van der Waals surface area contributed by atoms with Crippen LogP contribution in [0.15, 0.2) is 24.3 Å². The molecule has 2 atom stereocenters. The van der Waals surface area contributed by atoms with Crippen molar-refractivity contribution in [3.63, 3.8) is 0 Å². The van der Waals surface area contributed by atoms with Gasteiger partial charge in [0.05, 0.1) is 23.7 Å². The quantitative estimate of drug-likeness (QED) is 0.912. The number of hydrogen-bond donors (Lipinski definition) is 1. The molecule has 5 heteroatoms. The number of aliphatic hydroxyl groups is 1. The molecular formula is C17H23N3O2. The maximum Gasteiger partial charge on any atom is 0.226 e. The fourth-order valence-corrected chi connectivity index (χ4v) is 2.92. The smallest absolute Gasteiger partial charge is 0.226 e. The van der Waals surface area contributed by atoms with Gasteiger partial charge >= 0.3 is 0 Å². The molecule has 2 unspecified atom stereocenters. The van der Waals surface area contributed by atoms with Gasteiger partial charge in [0, 0.05) is 27.2 Å². The van der Waals surface area contributed by atoms with E-state index in [4.69, 9.17) is 5.26 Å². The molecule has 0 spiro atoms. The van der Waals surface area contributed by atoms with Crippen LogP contribution in [0, 0.1) is 17.2 Å². The van der Waals surface area contributed by atoms with Crippen LogP contribution in [-0.4, -0.2) is 54.5 Å². The molecule has 0 saturated carbocycles. The second-order valence-electron chi connectivity index (χ2n) is 6.08. The first-order valence-electron chi connectivity index (χ1n) is 7.63. The molecule has 5 nitrogen and oxygen atoms in total. The number of likely N-dealkylation sites (tertiary alicyclic amines) is 1. The molecule has 0 aromatic heterocycles. The normalized spacial score (nSPS) is 20.2. The summed E-state index contributed by atoms with van der Waals surface area (Å²) in [6.07, 6.45) is 1.30. The molecular weight excluding hydrogens is 278 g/mol. The van der Waals surface area contributed by atoms with Crippen LogP contribution in [0.1, 0.15) is 30.1 Å². The van der Waals surface area contributed by atoms with Crippen LogP contribution in [0.5, 0.6) is 0 Å². The Labute approximate surface area is 131 Å². The van der Waals surface area contributed by atoms with Crippen LogP contribution in [0.2, 0.25) is 0 Å². The molecule has 1 aromatic carbocycles. The van der Waals surface area contributed by atoms with Gasteiger partial charge in [0.2, 0.25) is 5.91 Å². The zero-order valence-corrected chi connectivity index (χ0v) is 13.2. The number of carbonyl (C=O) groups is 1. The van der Waals surface area contributed by atoms with E-state index in [1.165, 1.54) is 0 Å². The highest BCUT2D eigenvalue weighted by atomic mass is 16.3. The standard InChI is InChI=1S/C17H23N3O2/c1-19(2)17(22)15-4-3-9-20(11-15)12-16(21)14-7-5-13(10-18)6-8-14/h5-8,15-16,21H,3-4,9,11-12H2,1-2H3. The van der Waals surface area contributed by atoms with E-state index >= 15 is 0 Å². The van der Waals surface area contributed by atoms with Crippen molar-refractivity contribution in [3.8, 4) is 6.07 Å². The van der Waals surface area contributed by atoms with E-state index in [0.29, 0.717) is 18.7 Å². The van der Waals surface area contributed by atoms with Gasteiger partial charge in [-0.3, -0.25) is 9.69 Å². The van der Waals surface area contributed by atoms with Crippen LogP contribution in [0.25, 0.3) is 0 Å². The minimum atomic E-state index is -0.596. The summed E-state index contributed by atoms with van der Waals surface area (Å²) in [7, 11) is 3.57. The Bertz CT molecular complexity index is 548. The van der Waals surface area contributed by atoms with Crippen molar-refractivity contribution in [1.82, 2.24) is 9.80 Å². The Hall–Kier alpha value is -1.90. The molecule has 2 rings (SSSR count). The lowest BCUT2D eigenvalue weighted by molar-refractivity contribution is -0.134. The lowest BCUT2D eigenvalue weighted by Crippen LogP contribution is -2.43. The average molecular weight is 301 g/mol. The molecule has 118 valence electrons. The number of aliphatic hydroxyl groups excluding tert-OH is 1. The molecule has 1 heterocycles. The Morgan fingerprint density at radius 2 is 2.14 bits per heavy atom. The first-order chi connectivity index (χ1) is 10.5. The third-order valence-corrected chi connectivity index (χ3v) is 4.15. The third-order valence-electron chi connectivity index (χ3n) is 4.15. The van der Waals surface area contributed by atoms with E-state index in [2.05, 4.69) is 11.0 Å². The summed E-state index contributed by atoms with van der Waals surface area (Å²) in [5.41, 5.74) is 1.39. The summed E-state index contributed by atoms with van der Waals surface area (Å²) < 4.78 is 0. The van der Waals surface area contributed by atoms with Gasteiger partial charge < -0.3 is 10.0 Å². The van der Waals surface area contributed by atoms with Gasteiger partial charge in [-0.25, -0.2) is 0 Å². The van der Waals surface area contributed by atoms with E-state index in [1.54, 1.807) is 43.3 Å². The number of rotatable bonds is 4. The van der Waals surface area contributed by atoms with Gasteiger partial charge in [0.25, 0.3) is 0 Å². The number of nitrogens with zero attached hydrogens (tertiary/aromatic N) is 3. The highest BCUT2D eigenvalue weighted by molar-refractivity contribution is 5.78. The zero-order chi connectivity index (χ0) is 16.1. The van der Waals surface area contributed by atoms with Crippen molar-refractivity contribution in [3.05, 3.63) is 35.4 Å². The maximum atomic E-state index is 12.1. The molecule has 1 fully saturated rings. The minimum absolute atomic E-state index is 0.0249. The fourth-order valence-electron chi connectivity index (χ4n) is 2.92. The van der Waals surface area contributed by atoms with Gasteiger partial charge in [0.15, 0.2) is 0 Å². The minimum Gasteiger partial charge on any atom is -0.387 e. The van der Waals surface area contributed by atoms with Crippen molar-refractivity contribution < 1.29 is 9.90 Å². The number of benzene rings is 1. The average Bonchev–Trinajstić information content (AvgIpc) is 2.54. The molecule has 22 heavy (non-hydrogen) atoms. The van der Waals surface area contributed by atoms with Crippen molar-refractivity contribution in [2.45, 2.75) is 18.9 Å². The number of hydrogen-bond acceptors (Lipinski definition) is 4. The highest BCUT2D eigenvalue weighted by Gasteiger charge is 2.27. The Kier molecular flexibility index (Phi) is 5.53. The molecule has 1 aromatic rings. The van der Waals surface area contributed by atoms with E-state index < -0.39 is 6.10 Å². The van der Waals surface area contributed by atoms with Crippen LogP contribution >= 0.6 is 0 Å². The highest BCUT2D eigenvalue weighted by Crippen LogP contribution is 2.21. The molecule has 1 N–H and O–H groups in total.